The molecule has 0 radical (unpaired) electrons. The van der Waals surface area contributed by atoms with Gasteiger partial charge in [-0.25, -0.2) is 0 Å². The summed E-state index contributed by atoms with van der Waals surface area (Å²) >= 11 is 0. The molecule has 1 unspecified atom stereocenters. The van der Waals surface area contributed by atoms with Gasteiger partial charge in [-0.2, -0.15) is 5.10 Å². The Labute approximate surface area is 149 Å². The van der Waals surface area contributed by atoms with Crippen molar-refractivity contribution in [3.05, 3.63) is 30.3 Å². The molecule has 1 aromatic carbocycles. The number of carbonyl (C=O) groups excluding carboxylic acids is 2. The van der Waals surface area contributed by atoms with Crippen molar-refractivity contribution in [2.75, 3.05) is 31.2 Å². The number of para-hydroxylation sites is 1. The fraction of sp³-hybridized carbons (Fsp3) is 0.526. The first-order chi connectivity index (χ1) is 12.0. The van der Waals surface area contributed by atoms with Crippen molar-refractivity contribution in [1.29, 1.82) is 0 Å². The average Bonchev–Trinajstić information content (AvgIpc) is 3.07. The smallest absolute Gasteiger partial charge is 0.270 e. The zero-order valence-electron chi connectivity index (χ0n) is 15.2. The molecule has 1 saturated heterocycles. The number of amides is 1. The lowest BCUT2D eigenvalue weighted by Gasteiger charge is -2.36. The number of Topliss-reactive ketones (excluding diaryl/α,β-unsaturated/α-hetero) is 1. The van der Waals surface area contributed by atoms with Gasteiger partial charge in [0.15, 0.2) is 5.78 Å². The van der Waals surface area contributed by atoms with Gasteiger partial charge in [0, 0.05) is 38.6 Å². The molecule has 0 aromatic heterocycles. The van der Waals surface area contributed by atoms with Crippen LogP contribution in [-0.4, -0.2) is 65.5 Å². The van der Waals surface area contributed by atoms with Crippen molar-refractivity contribution >= 4 is 23.1 Å². The maximum absolute atomic E-state index is 12.9. The number of carbonyl (C=O) groups is 2. The highest BCUT2D eigenvalue weighted by Crippen LogP contribution is 2.25. The van der Waals surface area contributed by atoms with Gasteiger partial charge in [0.2, 0.25) is 0 Å². The molecule has 6 heteroatoms. The summed E-state index contributed by atoms with van der Waals surface area (Å²) in [4.78, 5) is 29.1. The first-order valence-electron chi connectivity index (χ1n) is 8.93. The van der Waals surface area contributed by atoms with E-state index >= 15 is 0 Å². The van der Waals surface area contributed by atoms with Gasteiger partial charge >= 0.3 is 0 Å². The molecule has 2 heterocycles. The minimum absolute atomic E-state index is 0.0278. The van der Waals surface area contributed by atoms with Gasteiger partial charge in [0.05, 0.1) is 5.69 Å². The average molecular weight is 342 g/mol. The first kappa shape index (κ1) is 17.6. The van der Waals surface area contributed by atoms with E-state index in [2.05, 4.69) is 23.8 Å². The van der Waals surface area contributed by atoms with Crippen LogP contribution in [-0.2, 0) is 9.59 Å². The third-order valence-electron chi connectivity index (χ3n) is 4.98. The Balaban J connectivity index is 1.74. The van der Waals surface area contributed by atoms with Crippen LogP contribution in [0, 0.1) is 0 Å². The molecular formula is C19H26N4O2. The number of hydrogen-bond donors (Lipinski definition) is 0. The highest BCUT2D eigenvalue weighted by molar-refractivity contribution is 6.40. The third kappa shape index (κ3) is 3.74. The molecule has 134 valence electrons. The summed E-state index contributed by atoms with van der Waals surface area (Å²) < 4.78 is 0. The van der Waals surface area contributed by atoms with Gasteiger partial charge in [-0.05, 0) is 32.9 Å². The van der Waals surface area contributed by atoms with Crippen molar-refractivity contribution in [2.45, 2.75) is 39.3 Å². The van der Waals surface area contributed by atoms with Gasteiger partial charge in [0.25, 0.3) is 5.91 Å². The van der Waals surface area contributed by atoms with Crippen LogP contribution in [0.25, 0.3) is 0 Å². The molecule has 2 aliphatic heterocycles. The Hall–Kier alpha value is -2.21. The topological polar surface area (TPSA) is 56.2 Å². The number of piperazine rings is 1. The summed E-state index contributed by atoms with van der Waals surface area (Å²) in [6.45, 7) is 9.11. The molecule has 1 fully saturated rings. The molecule has 1 aromatic rings. The van der Waals surface area contributed by atoms with E-state index in [-0.39, 0.29) is 11.7 Å². The molecule has 6 nitrogen and oxygen atoms in total. The monoisotopic (exact) mass is 342 g/mol. The standard InChI is InChI=1S/C19H26N4O2/c1-14(2)21-9-11-22(12-10-21)19(25)17-13-18(15(3)24)23(20-17)16-7-5-4-6-8-16/h4-8,14,18H,9-13H2,1-3H3. The quantitative estimate of drug-likeness (QED) is 0.837. The van der Waals surface area contributed by atoms with Crippen LogP contribution in [0.1, 0.15) is 27.2 Å². The number of hydrogen-bond acceptors (Lipinski definition) is 5. The molecule has 1 atom stereocenters. The predicted octanol–water partition coefficient (Wildman–Crippen LogP) is 1.76. The third-order valence-corrected chi connectivity index (χ3v) is 4.98. The lowest BCUT2D eigenvalue weighted by molar-refractivity contribution is -0.126. The second-order valence-electron chi connectivity index (χ2n) is 6.98. The van der Waals surface area contributed by atoms with E-state index in [1.165, 1.54) is 0 Å². The molecule has 0 aliphatic carbocycles. The van der Waals surface area contributed by atoms with Crippen molar-refractivity contribution < 1.29 is 9.59 Å². The summed E-state index contributed by atoms with van der Waals surface area (Å²) in [7, 11) is 0. The maximum Gasteiger partial charge on any atom is 0.270 e. The second-order valence-corrected chi connectivity index (χ2v) is 6.98. The van der Waals surface area contributed by atoms with Crippen LogP contribution in [0.4, 0.5) is 5.69 Å². The Kier molecular flexibility index (Phi) is 5.18. The highest BCUT2D eigenvalue weighted by atomic mass is 16.2. The zero-order valence-corrected chi connectivity index (χ0v) is 15.2. The molecular weight excluding hydrogens is 316 g/mol. The van der Waals surface area contributed by atoms with E-state index in [4.69, 9.17) is 0 Å². The Bertz CT molecular complexity index is 663. The minimum atomic E-state index is -0.390. The number of benzene rings is 1. The normalized spacial score (nSPS) is 21.6. The Morgan fingerprint density at radius 3 is 2.28 bits per heavy atom. The van der Waals surface area contributed by atoms with E-state index in [1.54, 1.807) is 11.9 Å². The Morgan fingerprint density at radius 1 is 1.08 bits per heavy atom. The lowest BCUT2D eigenvalue weighted by atomic mass is 10.1. The number of hydrazone groups is 1. The summed E-state index contributed by atoms with van der Waals surface area (Å²) in [6, 6.07) is 9.67. The fourth-order valence-electron chi connectivity index (χ4n) is 3.40. The number of rotatable bonds is 4. The van der Waals surface area contributed by atoms with Crippen LogP contribution in [0.15, 0.2) is 35.4 Å². The SMILES string of the molecule is CC(=O)C1CC(C(=O)N2CCN(C(C)C)CC2)=NN1c1ccccc1. The summed E-state index contributed by atoms with van der Waals surface area (Å²) in [5.41, 5.74) is 1.33. The van der Waals surface area contributed by atoms with Gasteiger partial charge in [-0.15, -0.1) is 0 Å². The highest BCUT2D eigenvalue weighted by Gasteiger charge is 2.36. The summed E-state index contributed by atoms with van der Waals surface area (Å²) in [5, 5.41) is 6.21. The van der Waals surface area contributed by atoms with Crippen LogP contribution in [0.5, 0.6) is 0 Å². The van der Waals surface area contributed by atoms with Crippen LogP contribution in [0.3, 0.4) is 0 Å². The Morgan fingerprint density at radius 2 is 1.72 bits per heavy atom. The van der Waals surface area contributed by atoms with Gasteiger partial charge in [-0.1, -0.05) is 18.2 Å². The zero-order chi connectivity index (χ0) is 18.0. The molecule has 3 rings (SSSR count). The van der Waals surface area contributed by atoms with E-state index in [0.29, 0.717) is 31.3 Å². The molecule has 0 spiro atoms. The van der Waals surface area contributed by atoms with Gasteiger partial charge in [0.1, 0.15) is 11.8 Å². The number of ketones is 1. The van der Waals surface area contributed by atoms with Crippen LogP contribution < -0.4 is 5.01 Å². The molecule has 0 N–H and O–H groups in total. The predicted molar refractivity (Wildman–Crippen MR) is 98.7 cm³/mol. The minimum Gasteiger partial charge on any atom is -0.335 e. The van der Waals surface area contributed by atoms with Crippen LogP contribution >= 0.6 is 0 Å². The second kappa shape index (κ2) is 7.35. The molecule has 2 aliphatic rings. The molecule has 0 bridgehead atoms. The van der Waals surface area contributed by atoms with Gasteiger partial charge in [-0.3, -0.25) is 19.5 Å². The van der Waals surface area contributed by atoms with Gasteiger partial charge < -0.3 is 4.90 Å². The number of nitrogens with zero attached hydrogens (tertiary/aromatic N) is 4. The van der Waals surface area contributed by atoms with Crippen LogP contribution in [0.2, 0.25) is 0 Å². The lowest BCUT2D eigenvalue weighted by Crippen LogP contribution is -2.52. The van der Waals surface area contributed by atoms with Crippen molar-refractivity contribution in [2.24, 2.45) is 5.10 Å². The molecule has 0 saturated carbocycles. The van der Waals surface area contributed by atoms with E-state index in [1.807, 2.05) is 35.2 Å². The fourth-order valence-corrected chi connectivity index (χ4v) is 3.40. The van der Waals surface area contributed by atoms with Crippen molar-refractivity contribution in [1.82, 2.24) is 9.80 Å². The van der Waals surface area contributed by atoms with E-state index < -0.39 is 6.04 Å². The van der Waals surface area contributed by atoms with E-state index in [9.17, 15) is 9.59 Å². The number of anilines is 1. The summed E-state index contributed by atoms with van der Waals surface area (Å²) in [5.74, 6) is -0.00637. The summed E-state index contributed by atoms with van der Waals surface area (Å²) in [6.07, 6.45) is 0.382. The first-order valence-corrected chi connectivity index (χ1v) is 8.93. The molecule has 1 amide bonds. The largest absolute Gasteiger partial charge is 0.335 e. The maximum atomic E-state index is 12.9. The van der Waals surface area contributed by atoms with Crippen molar-refractivity contribution in [3.63, 3.8) is 0 Å². The van der Waals surface area contributed by atoms with Crippen molar-refractivity contribution in [3.8, 4) is 0 Å². The molecule has 25 heavy (non-hydrogen) atoms. The van der Waals surface area contributed by atoms with E-state index in [0.717, 1.165) is 18.8 Å².